The fourth-order valence-electron chi connectivity index (χ4n) is 4.12. The molecule has 1 aromatic carbocycles. The summed E-state index contributed by atoms with van der Waals surface area (Å²) in [6, 6.07) is 5.19. The highest BCUT2D eigenvalue weighted by atomic mass is 16.3. The molecule has 0 saturated carbocycles. The fraction of sp³-hybridized carbons (Fsp3) is 0.579. The van der Waals surface area contributed by atoms with Crippen LogP contribution in [0.5, 0.6) is 5.75 Å². The second kappa shape index (κ2) is 7.20. The van der Waals surface area contributed by atoms with Gasteiger partial charge in [-0.15, -0.1) is 0 Å². The summed E-state index contributed by atoms with van der Waals surface area (Å²) in [5.74, 6) is 1.20. The highest BCUT2D eigenvalue weighted by Gasteiger charge is 2.36. The van der Waals surface area contributed by atoms with Crippen LogP contribution in [0.15, 0.2) is 24.4 Å². The lowest BCUT2D eigenvalue weighted by molar-refractivity contribution is 0.0601. The Hall–Kier alpha value is -1.46. The molecule has 0 spiro atoms. The molecule has 0 aliphatic carbocycles. The average Bonchev–Trinajstić information content (AvgIpc) is 2.99. The lowest BCUT2D eigenvalue weighted by Crippen LogP contribution is -2.53. The molecule has 4 nitrogen and oxygen atoms in total. The van der Waals surface area contributed by atoms with Crippen molar-refractivity contribution in [3.8, 4) is 5.75 Å². The quantitative estimate of drug-likeness (QED) is 0.682. The fourth-order valence-corrected chi connectivity index (χ4v) is 4.12. The van der Waals surface area contributed by atoms with Crippen molar-refractivity contribution in [3.63, 3.8) is 0 Å². The maximum Gasteiger partial charge on any atom is 0.121 e. The van der Waals surface area contributed by atoms with Crippen LogP contribution < -0.4 is 11.1 Å². The van der Waals surface area contributed by atoms with Crippen LogP contribution in [0, 0.1) is 12.8 Å². The number of hydrogen-bond donors (Lipinski definition) is 3. The second-order valence-electron chi connectivity index (χ2n) is 7.56. The molecule has 5 heteroatoms. The van der Waals surface area contributed by atoms with E-state index in [1.165, 1.54) is 5.56 Å². The molecule has 0 radical (unpaired) electrons. The van der Waals surface area contributed by atoms with Crippen LogP contribution >= 0.6 is 0 Å². The third-order valence-corrected chi connectivity index (χ3v) is 5.71. The van der Waals surface area contributed by atoms with Gasteiger partial charge >= 0.3 is 0 Å². The van der Waals surface area contributed by atoms with Crippen LogP contribution in [0.4, 0.5) is 0 Å². The lowest BCUT2D eigenvalue weighted by Gasteiger charge is -2.43. The van der Waals surface area contributed by atoms with Crippen molar-refractivity contribution in [1.82, 2.24) is 10.2 Å². The van der Waals surface area contributed by atoms with Crippen molar-refractivity contribution in [2.24, 2.45) is 11.7 Å². The SMILES string of the molecule is BCCc1ccc(CC2CN(C3CNC(C(=C)N)C3)C2)c(C)c1O. The van der Waals surface area contributed by atoms with Gasteiger partial charge in [0.1, 0.15) is 13.6 Å². The summed E-state index contributed by atoms with van der Waals surface area (Å²) in [4.78, 5) is 2.56. The molecule has 2 fully saturated rings. The van der Waals surface area contributed by atoms with Crippen LogP contribution in [-0.2, 0) is 12.8 Å². The molecule has 2 atom stereocenters. The van der Waals surface area contributed by atoms with Crippen molar-refractivity contribution in [1.29, 1.82) is 0 Å². The third-order valence-electron chi connectivity index (χ3n) is 5.71. The molecule has 3 rings (SSSR count). The molecule has 0 bridgehead atoms. The van der Waals surface area contributed by atoms with E-state index in [0.29, 0.717) is 17.7 Å². The zero-order valence-electron chi connectivity index (χ0n) is 15.0. The van der Waals surface area contributed by atoms with Gasteiger partial charge in [0.25, 0.3) is 0 Å². The number of nitrogens with zero attached hydrogens (tertiary/aromatic N) is 1. The molecule has 0 amide bonds. The number of rotatable bonds is 6. The number of hydrogen-bond acceptors (Lipinski definition) is 4. The summed E-state index contributed by atoms with van der Waals surface area (Å²) < 4.78 is 0. The Labute approximate surface area is 146 Å². The maximum absolute atomic E-state index is 10.4. The Balaban J connectivity index is 1.53. The van der Waals surface area contributed by atoms with Gasteiger partial charge in [-0.1, -0.05) is 25.0 Å². The smallest absolute Gasteiger partial charge is 0.121 e. The molecule has 2 unspecified atom stereocenters. The molecule has 2 saturated heterocycles. The summed E-state index contributed by atoms with van der Waals surface area (Å²) in [5.41, 5.74) is 10.0. The van der Waals surface area contributed by atoms with Crippen molar-refractivity contribution in [2.45, 2.75) is 44.6 Å². The largest absolute Gasteiger partial charge is 0.507 e. The maximum atomic E-state index is 10.4. The van der Waals surface area contributed by atoms with Crippen LogP contribution in [0.1, 0.15) is 23.1 Å². The van der Waals surface area contributed by atoms with Gasteiger partial charge in [-0.2, -0.15) is 0 Å². The molecular weight excluding hydrogens is 297 g/mol. The van der Waals surface area contributed by atoms with Gasteiger partial charge < -0.3 is 16.2 Å². The summed E-state index contributed by atoms with van der Waals surface area (Å²) in [6.45, 7) is 9.22. The summed E-state index contributed by atoms with van der Waals surface area (Å²) in [6.07, 6.45) is 4.16. The third kappa shape index (κ3) is 3.47. The van der Waals surface area contributed by atoms with Crippen molar-refractivity contribution < 1.29 is 5.11 Å². The molecule has 2 aliphatic heterocycles. The molecule has 1 aromatic rings. The summed E-state index contributed by atoms with van der Waals surface area (Å²) in [5, 5.41) is 13.8. The van der Waals surface area contributed by atoms with E-state index in [0.717, 1.165) is 62.0 Å². The predicted octanol–water partition coefficient (Wildman–Crippen LogP) is 0.972. The second-order valence-corrected chi connectivity index (χ2v) is 7.56. The Morgan fingerprint density at radius 3 is 2.75 bits per heavy atom. The number of benzene rings is 1. The van der Waals surface area contributed by atoms with Crippen molar-refractivity contribution in [2.75, 3.05) is 19.6 Å². The van der Waals surface area contributed by atoms with Crippen LogP contribution in [0.2, 0.25) is 6.32 Å². The van der Waals surface area contributed by atoms with Gasteiger partial charge in [-0.05, 0) is 48.8 Å². The van der Waals surface area contributed by atoms with Crippen LogP contribution in [-0.4, -0.2) is 49.6 Å². The minimum atomic E-state index is 0.277. The number of likely N-dealkylation sites (tertiary alicyclic amines) is 1. The van der Waals surface area contributed by atoms with E-state index >= 15 is 0 Å². The van der Waals surface area contributed by atoms with Crippen molar-refractivity contribution >= 4 is 7.85 Å². The van der Waals surface area contributed by atoms with Crippen molar-refractivity contribution in [3.05, 3.63) is 41.1 Å². The molecule has 130 valence electrons. The first-order valence-electron chi connectivity index (χ1n) is 9.21. The number of aromatic hydroxyl groups is 1. The molecule has 2 heterocycles. The Kier molecular flexibility index (Phi) is 5.21. The van der Waals surface area contributed by atoms with Gasteiger partial charge in [-0.3, -0.25) is 4.90 Å². The first-order valence-corrected chi connectivity index (χ1v) is 9.21. The Bertz CT molecular complexity index is 613. The van der Waals surface area contributed by atoms with E-state index < -0.39 is 0 Å². The number of phenolic OH excluding ortho intramolecular Hbond substituents is 1. The van der Waals surface area contributed by atoms with Gasteiger partial charge in [0.15, 0.2) is 0 Å². The average molecular weight is 327 g/mol. The van der Waals surface area contributed by atoms with E-state index in [2.05, 4.69) is 43.7 Å². The van der Waals surface area contributed by atoms with E-state index in [4.69, 9.17) is 5.73 Å². The normalized spacial score (nSPS) is 24.9. The predicted molar refractivity (Wildman–Crippen MR) is 102 cm³/mol. The monoisotopic (exact) mass is 327 g/mol. The lowest BCUT2D eigenvalue weighted by atomic mass is 9.87. The van der Waals surface area contributed by atoms with E-state index in [1.54, 1.807) is 0 Å². The standard InChI is InChI=1S/C19H30BN3O/c1-12-16(4-3-15(5-6-20)19(12)24)7-14-10-23(11-14)17-8-18(13(2)21)22-9-17/h3-4,14,17-18,22,24H,2,5-11,20-21H2,1H3. The molecular formula is C19H30BN3O. The molecule has 2 aliphatic rings. The van der Waals surface area contributed by atoms with Crippen LogP contribution in [0.3, 0.4) is 0 Å². The molecule has 0 aromatic heterocycles. The first kappa shape index (κ1) is 17.4. The zero-order valence-corrected chi connectivity index (χ0v) is 15.0. The number of phenols is 1. The molecule has 4 N–H and O–H groups in total. The zero-order chi connectivity index (χ0) is 17.3. The Morgan fingerprint density at radius 2 is 2.12 bits per heavy atom. The highest BCUT2D eigenvalue weighted by molar-refractivity contribution is 6.08. The summed E-state index contributed by atoms with van der Waals surface area (Å²) in [7, 11) is 2.15. The Morgan fingerprint density at radius 1 is 1.42 bits per heavy atom. The van der Waals surface area contributed by atoms with Gasteiger partial charge in [0.05, 0.1) is 0 Å². The van der Waals surface area contributed by atoms with Gasteiger partial charge in [-0.25, -0.2) is 0 Å². The van der Waals surface area contributed by atoms with E-state index in [9.17, 15) is 5.11 Å². The molecule has 24 heavy (non-hydrogen) atoms. The highest BCUT2D eigenvalue weighted by Crippen LogP contribution is 2.31. The first-order chi connectivity index (χ1) is 11.5. The van der Waals surface area contributed by atoms with Crippen LogP contribution in [0.25, 0.3) is 0 Å². The number of nitrogens with one attached hydrogen (secondary N) is 1. The van der Waals surface area contributed by atoms with Gasteiger partial charge in [0.2, 0.25) is 0 Å². The minimum Gasteiger partial charge on any atom is -0.507 e. The van der Waals surface area contributed by atoms with E-state index in [1.807, 2.05) is 0 Å². The summed E-state index contributed by atoms with van der Waals surface area (Å²) >= 11 is 0. The topological polar surface area (TPSA) is 61.5 Å². The number of aryl methyl sites for hydroxylation is 1. The minimum absolute atomic E-state index is 0.277. The number of nitrogens with two attached hydrogens (primary N) is 1. The van der Waals surface area contributed by atoms with E-state index in [-0.39, 0.29) is 6.04 Å². The van der Waals surface area contributed by atoms with Gasteiger partial charge in [0, 0.05) is 37.4 Å².